The fourth-order valence-electron chi connectivity index (χ4n) is 2.08. The quantitative estimate of drug-likeness (QED) is 0.785. The lowest BCUT2D eigenvalue weighted by molar-refractivity contribution is 0.501. The highest BCUT2D eigenvalue weighted by Gasteiger charge is 2.16. The Labute approximate surface area is 133 Å². The SMILES string of the molecule is CC(C)c1nc2ccc(NS(=O)(=O)c3ccc(F)cc3)cc2o1. The molecule has 0 unspecified atom stereocenters. The summed E-state index contributed by atoms with van der Waals surface area (Å²) in [6.07, 6.45) is 0. The van der Waals surface area contributed by atoms with Gasteiger partial charge in [-0.2, -0.15) is 0 Å². The summed E-state index contributed by atoms with van der Waals surface area (Å²) in [5.41, 5.74) is 1.53. The van der Waals surface area contributed by atoms with Crippen molar-refractivity contribution in [3.8, 4) is 0 Å². The second-order valence-corrected chi connectivity index (χ2v) is 7.13. The van der Waals surface area contributed by atoms with Crippen molar-refractivity contribution in [2.24, 2.45) is 0 Å². The Morgan fingerprint density at radius 1 is 1.13 bits per heavy atom. The van der Waals surface area contributed by atoms with Crippen molar-refractivity contribution in [2.75, 3.05) is 4.72 Å². The average Bonchev–Trinajstić information content (AvgIpc) is 2.90. The molecule has 23 heavy (non-hydrogen) atoms. The van der Waals surface area contributed by atoms with E-state index in [9.17, 15) is 12.8 Å². The number of aromatic nitrogens is 1. The van der Waals surface area contributed by atoms with E-state index in [1.54, 1.807) is 18.2 Å². The van der Waals surface area contributed by atoms with E-state index in [-0.39, 0.29) is 10.8 Å². The predicted molar refractivity (Wildman–Crippen MR) is 85.3 cm³/mol. The van der Waals surface area contributed by atoms with Gasteiger partial charge in [0.1, 0.15) is 11.3 Å². The lowest BCUT2D eigenvalue weighted by Crippen LogP contribution is -2.12. The van der Waals surface area contributed by atoms with Gasteiger partial charge in [-0.3, -0.25) is 4.72 Å². The molecule has 2 aromatic carbocycles. The van der Waals surface area contributed by atoms with E-state index in [0.717, 1.165) is 12.1 Å². The average molecular weight is 334 g/mol. The number of hydrogen-bond acceptors (Lipinski definition) is 4. The van der Waals surface area contributed by atoms with E-state index in [4.69, 9.17) is 4.42 Å². The highest BCUT2D eigenvalue weighted by Crippen LogP contribution is 2.25. The standard InChI is InChI=1S/C16H15FN2O3S/c1-10(2)16-18-14-8-5-12(9-15(14)22-16)19-23(20,21)13-6-3-11(17)4-7-13/h3-10,19H,1-2H3. The largest absolute Gasteiger partial charge is 0.440 e. The molecule has 0 aliphatic carbocycles. The number of anilines is 1. The van der Waals surface area contributed by atoms with E-state index < -0.39 is 15.8 Å². The normalized spacial score (nSPS) is 12.0. The summed E-state index contributed by atoms with van der Waals surface area (Å²) in [4.78, 5) is 4.32. The van der Waals surface area contributed by atoms with E-state index >= 15 is 0 Å². The molecule has 1 N–H and O–H groups in total. The molecule has 0 amide bonds. The van der Waals surface area contributed by atoms with Crippen LogP contribution in [0.15, 0.2) is 51.8 Å². The van der Waals surface area contributed by atoms with Crippen LogP contribution in [0.4, 0.5) is 10.1 Å². The number of sulfonamides is 1. The number of halogens is 1. The number of benzene rings is 2. The molecule has 0 bridgehead atoms. The van der Waals surface area contributed by atoms with Gasteiger partial charge in [-0.15, -0.1) is 0 Å². The van der Waals surface area contributed by atoms with Crippen molar-refractivity contribution in [3.05, 3.63) is 54.2 Å². The summed E-state index contributed by atoms with van der Waals surface area (Å²) in [5, 5.41) is 0. The van der Waals surface area contributed by atoms with Crippen molar-refractivity contribution in [2.45, 2.75) is 24.7 Å². The molecule has 0 saturated heterocycles. The Hall–Kier alpha value is -2.41. The van der Waals surface area contributed by atoms with Gasteiger partial charge in [0.15, 0.2) is 11.5 Å². The second kappa shape index (κ2) is 5.66. The number of rotatable bonds is 4. The van der Waals surface area contributed by atoms with E-state index in [1.165, 1.54) is 12.1 Å². The van der Waals surface area contributed by atoms with Gasteiger partial charge in [0, 0.05) is 12.0 Å². The van der Waals surface area contributed by atoms with Crippen LogP contribution in [0.25, 0.3) is 11.1 Å². The van der Waals surface area contributed by atoms with Crippen LogP contribution in [-0.4, -0.2) is 13.4 Å². The van der Waals surface area contributed by atoms with Gasteiger partial charge in [-0.25, -0.2) is 17.8 Å². The predicted octanol–water partition coefficient (Wildman–Crippen LogP) is 3.89. The molecule has 7 heteroatoms. The molecule has 0 fully saturated rings. The van der Waals surface area contributed by atoms with Crippen LogP contribution in [0, 0.1) is 5.82 Å². The third kappa shape index (κ3) is 3.19. The highest BCUT2D eigenvalue weighted by atomic mass is 32.2. The third-order valence-electron chi connectivity index (χ3n) is 3.28. The number of fused-ring (bicyclic) bond motifs is 1. The van der Waals surface area contributed by atoms with Crippen LogP contribution < -0.4 is 4.72 Å². The summed E-state index contributed by atoms with van der Waals surface area (Å²) < 4.78 is 45.5. The smallest absolute Gasteiger partial charge is 0.261 e. The minimum Gasteiger partial charge on any atom is -0.440 e. The van der Waals surface area contributed by atoms with Crippen molar-refractivity contribution >= 4 is 26.8 Å². The van der Waals surface area contributed by atoms with Crippen molar-refractivity contribution in [1.29, 1.82) is 0 Å². The summed E-state index contributed by atoms with van der Waals surface area (Å²) in [6, 6.07) is 9.49. The minimum atomic E-state index is -3.79. The highest BCUT2D eigenvalue weighted by molar-refractivity contribution is 7.92. The Balaban J connectivity index is 1.92. The van der Waals surface area contributed by atoms with Crippen molar-refractivity contribution in [1.82, 2.24) is 4.98 Å². The van der Waals surface area contributed by atoms with Gasteiger partial charge in [0.2, 0.25) is 0 Å². The van der Waals surface area contributed by atoms with Crippen LogP contribution >= 0.6 is 0 Å². The maximum Gasteiger partial charge on any atom is 0.261 e. The number of nitrogens with one attached hydrogen (secondary N) is 1. The zero-order valence-electron chi connectivity index (χ0n) is 12.6. The molecule has 5 nitrogen and oxygen atoms in total. The first-order chi connectivity index (χ1) is 10.8. The molecular formula is C16H15FN2O3S. The molecule has 1 aromatic heterocycles. The van der Waals surface area contributed by atoms with Gasteiger partial charge in [-0.1, -0.05) is 13.8 Å². The lowest BCUT2D eigenvalue weighted by atomic mass is 10.2. The fraction of sp³-hybridized carbons (Fsp3) is 0.188. The first-order valence-electron chi connectivity index (χ1n) is 7.04. The zero-order chi connectivity index (χ0) is 16.6. The number of hydrogen-bond donors (Lipinski definition) is 1. The maximum absolute atomic E-state index is 12.9. The van der Waals surface area contributed by atoms with Crippen LogP contribution in [0.3, 0.4) is 0 Å². The molecule has 0 aliphatic rings. The van der Waals surface area contributed by atoms with Gasteiger partial charge in [-0.05, 0) is 36.4 Å². The molecular weight excluding hydrogens is 319 g/mol. The summed E-state index contributed by atoms with van der Waals surface area (Å²) >= 11 is 0. The summed E-state index contributed by atoms with van der Waals surface area (Å²) in [6.45, 7) is 3.92. The monoisotopic (exact) mass is 334 g/mol. The molecule has 3 rings (SSSR count). The molecule has 0 spiro atoms. The first-order valence-corrected chi connectivity index (χ1v) is 8.52. The molecule has 0 saturated carbocycles. The van der Waals surface area contributed by atoms with Crippen LogP contribution in [0.2, 0.25) is 0 Å². The van der Waals surface area contributed by atoms with E-state index in [1.807, 2.05) is 13.8 Å². The van der Waals surface area contributed by atoms with Crippen molar-refractivity contribution < 1.29 is 17.2 Å². The van der Waals surface area contributed by atoms with Gasteiger partial charge >= 0.3 is 0 Å². The van der Waals surface area contributed by atoms with Gasteiger partial charge in [0.05, 0.1) is 10.6 Å². The van der Waals surface area contributed by atoms with Crippen LogP contribution in [-0.2, 0) is 10.0 Å². The fourth-order valence-corrected chi connectivity index (χ4v) is 3.13. The Bertz CT molecular complexity index is 947. The Kier molecular flexibility index (Phi) is 3.81. The van der Waals surface area contributed by atoms with E-state index in [0.29, 0.717) is 22.7 Å². The lowest BCUT2D eigenvalue weighted by Gasteiger charge is -2.07. The Morgan fingerprint density at radius 2 is 1.83 bits per heavy atom. The first kappa shape index (κ1) is 15.5. The molecule has 120 valence electrons. The molecule has 3 aromatic rings. The van der Waals surface area contributed by atoms with Crippen molar-refractivity contribution in [3.63, 3.8) is 0 Å². The maximum atomic E-state index is 12.9. The van der Waals surface area contributed by atoms with E-state index in [2.05, 4.69) is 9.71 Å². The van der Waals surface area contributed by atoms with Gasteiger partial charge in [0.25, 0.3) is 10.0 Å². The summed E-state index contributed by atoms with van der Waals surface area (Å²) in [7, 11) is -3.79. The van der Waals surface area contributed by atoms with Crippen LogP contribution in [0.5, 0.6) is 0 Å². The third-order valence-corrected chi connectivity index (χ3v) is 4.67. The molecule has 0 aliphatic heterocycles. The molecule has 0 radical (unpaired) electrons. The van der Waals surface area contributed by atoms with Gasteiger partial charge < -0.3 is 4.42 Å². The molecule has 0 atom stereocenters. The minimum absolute atomic E-state index is 0.0144. The molecule has 1 heterocycles. The zero-order valence-corrected chi connectivity index (χ0v) is 13.4. The van der Waals surface area contributed by atoms with Crippen LogP contribution in [0.1, 0.15) is 25.7 Å². The number of oxazole rings is 1. The second-order valence-electron chi connectivity index (χ2n) is 5.45. The summed E-state index contributed by atoms with van der Waals surface area (Å²) in [5.74, 6) is 0.244. The number of nitrogens with zero attached hydrogens (tertiary/aromatic N) is 1. The Morgan fingerprint density at radius 3 is 2.48 bits per heavy atom. The topological polar surface area (TPSA) is 72.2 Å².